The van der Waals surface area contributed by atoms with Crippen LogP contribution >= 0.6 is 35.4 Å². The van der Waals surface area contributed by atoms with E-state index in [0.717, 1.165) is 0 Å². The highest BCUT2D eigenvalue weighted by Gasteiger charge is 2.49. The number of carbonyl (C=O) groups excluding carboxylic acids is 1. The number of rotatable bonds is 2. The molecule has 0 radical (unpaired) electrons. The van der Waals surface area contributed by atoms with Gasteiger partial charge in [0, 0.05) is 21.2 Å². The molecule has 0 spiro atoms. The molecule has 3 nitrogen and oxygen atoms in total. The minimum Gasteiger partial charge on any atom is -0.341 e. The van der Waals surface area contributed by atoms with Crippen molar-refractivity contribution in [3.05, 3.63) is 69.7 Å². The number of hydrogen-bond acceptors (Lipinski definition) is 2. The Balaban J connectivity index is 2.33. The molecule has 2 aromatic carbocycles. The molecule has 3 rings (SSSR count). The molecule has 0 bridgehead atoms. The van der Waals surface area contributed by atoms with Crippen LogP contribution in [-0.2, 0) is 10.3 Å². The van der Waals surface area contributed by atoms with Crippen LogP contribution in [0.2, 0.25) is 10.0 Å². The van der Waals surface area contributed by atoms with Crippen molar-refractivity contribution >= 4 is 46.4 Å². The van der Waals surface area contributed by atoms with Crippen molar-refractivity contribution in [2.75, 3.05) is 0 Å². The van der Waals surface area contributed by atoms with E-state index in [9.17, 15) is 4.79 Å². The van der Waals surface area contributed by atoms with Crippen LogP contribution in [0.15, 0.2) is 48.5 Å². The number of amides is 1. The van der Waals surface area contributed by atoms with Gasteiger partial charge in [0.05, 0.1) is 0 Å². The van der Waals surface area contributed by atoms with E-state index in [2.05, 4.69) is 10.6 Å². The van der Waals surface area contributed by atoms with Crippen molar-refractivity contribution in [1.82, 2.24) is 10.6 Å². The average Bonchev–Trinajstić information content (AvgIpc) is 2.75. The van der Waals surface area contributed by atoms with Gasteiger partial charge in [-0.25, -0.2) is 0 Å². The summed E-state index contributed by atoms with van der Waals surface area (Å²) in [5.74, 6) is -0.297. The molecule has 0 aliphatic carbocycles. The van der Waals surface area contributed by atoms with Gasteiger partial charge in [0.2, 0.25) is 0 Å². The quantitative estimate of drug-likeness (QED) is 0.827. The van der Waals surface area contributed by atoms with Crippen LogP contribution in [0, 0.1) is 0 Å². The number of halogens is 2. The van der Waals surface area contributed by atoms with Crippen molar-refractivity contribution < 1.29 is 4.79 Å². The van der Waals surface area contributed by atoms with Gasteiger partial charge in [-0.1, -0.05) is 59.6 Å². The van der Waals surface area contributed by atoms with E-state index in [1.165, 1.54) is 0 Å². The van der Waals surface area contributed by atoms with Gasteiger partial charge in [-0.05, 0) is 24.4 Å². The Bertz CT molecular complexity index is 702. The van der Waals surface area contributed by atoms with E-state index in [1.54, 1.807) is 36.4 Å². The largest absolute Gasteiger partial charge is 0.341 e. The Morgan fingerprint density at radius 2 is 1.38 bits per heavy atom. The molecule has 1 saturated heterocycles. The molecule has 1 amide bonds. The van der Waals surface area contributed by atoms with Crippen LogP contribution < -0.4 is 10.6 Å². The van der Waals surface area contributed by atoms with Crippen molar-refractivity contribution in [1.29, 1.82) is 0 Å². The van der Waals surface area contributed by atoms with E-state index < -0.39 is 5.54 Å². The van der Waals surface area contributed by atoms with E-state index in [1.807, 2.05) is 12.1 Å². The number of carbonyl (C=O) groups is 1. The Hall–Kier alpha value is -1.62. The van der Waals surface area contributed by atoms with Gasteiger partial charge in [0.15, 0.2) is 10.7 Å². The molecule has 0 aromatic heterocycles. The molecule has 0 saturated carbocycles. The standard InChI is InChI=1S/C15H10Cl2N2OS/c16-11-7-3-1-5-9(11)15(13(20)18-14(21)19-15)10-6-2-4-8-12(10)17/h1-8H,(H2,18,19,20,21). The SMILES string of the molecule is O=C1NC(=S)NC1(c1ccccc1Cl)c1ccccc1Cl. The zero-order valence-corrected chi connectivity index (χ0v) is 13.0. The summed E-state index contributed by atoms with van der Waals surface area (Å²) in [6.07, 6.45) is 0. The van der Waals surface area contributed by atoms with Crippen molar-refractivity contribution in [3.8, 4) is 0 Å². The van der Waals surface area contributed by atoms with Gasteiger partial charge < -0.3 is 10.6 Å². The molecule has 1 aliphatic rings. The Labute approximate surface area is 137 Å². The average molecular weight is 337 g/mol. The molecule has 1 heterocycles. The summed E-state index contributed by atoms with van der Waals surface area (Å²) in [5.41, 5.74) is 0.00237. The Kier molecular flexibility index (Phi) is 3.61. The summed E-state index contributed by atoms with van der Waals surface area (Å²) in [7, 11) is 0. The van der Waals surface area contributed by atoms with E-state index in [0.29, 0.717) is 21.2 Å². The lowest BCUT2D eigenvalue weighted by Crippen LogP contribution is -2.45. The molecule has 6 heteroatoms. The third-order valence-electron chi connectivity index (χ3n) is 3.42. The van der Waals surface area contributed by atoms with Crippen molar-refractivity contribution in [2.24, 2.45) is 0 Å². The second kappa shape index (κ2) is 5.30. The Morgan fingerprint density at radius 3 is 1.76 bits per heavy atom. The third kappa shape index (κ3) is 2.20. The normalized spacial score (nSPS) is 16.5. The number of thiocarbonyl (C=S) groups is 1. The lowest BCUT2D eigenvalue weighted by atomic mass is 9.83. The maximum Gasteiger partial charge on any atom is 0.261 e. The van der Waals surface area contributed by atoms with Gasteiger partial charge in [0.1, 0.15) is 0 Å². The highest BCUT2D eigenvalue weighted by molar-refractivity contribution is 7.80. The lowest BCUT2D eigenvalue weighted by molar-refractivity contribution is -0.122. The second-order valence-electron chi connectivity index (χ2n) is 4.62. The maximum atomic E-state index is 12.6. The summed E-state index contributed by atoms with van der Waals surface area (Å²) in [4.78, 5) is 12.6. The summed E-state index contributed by atoms with van der Waals surface area (Å²) in [6.45, 7) is 0. The minimum absolute atomic E-state index is 0.250. The van der Waals surface area contributed by atoms with Crippen LogP contribution in [-0.4, -0.2) is 11.0 Å². The number of nitrogens with one attached hydrogen (secondary N) is 2. The van der Waals surface area contributed by atoms with Gasteiger partial charge in [-0.15, -0.1) is 0 Å². The highest BCUT2D eigenvalue weighted by atomic mass is 35.5. The van der Waals surface area contributed by atoms with Crippen LogP contribution in [0.3, 0.4) is 0 Å². The lowest BCUT2D eigenvalue weighted by Gasteiger charge is -2.29. The van der Waals surface area contributed by atoms with Crippen LogP contribution in [0.4, 0.5) is 0 Å². The predicted octanol–water partition coefficient (Wildman–Crippen LogP) is 3.24. The molecule has 106 valence electrons. The minimum atomic E-state index is -1.21. The van der Waals surface area contributed by atoms with Gasteiger partial charge in [-0.2, -0.15) is 0 Å². The van der Waals surface area contributed by atoms with Gasteiger partial charge in [-0.3, -0.25) is 4.79 Å². The molecular formula is C15H10Cl2N2OS. The first-order valence-electron chi connectivity index (χ1n) is 6.19. The predicted molar refractivity (Wildman–Crippen MR) is 87.6 cm³/mol. The zero-order valence-electron chi connectivity index (χ0n) is 10.7. The van der Waals surface area contributed by atoms with Gasteiger partial charge in [0.25, 0.3) is 5.91 Å². The van der Waals surface area contributed by atoms with Crippen molar-refractivity contribution in [2.45, 2.75) is 5.54 Å². The van der Waals surface area contributed by atoms with Crippen LogP contribution in [0.5, 0.6) is 0 Å². The van der Waals surface area contributed by atoms with Crippen LogP contribution in [0.1, 0.15) is 11.1 Å². The van der Waals surface area contributed by atoms with E-state index in [4.69, 9.17) is 35.4 Å². The fourth-order valence-corrected chi connectivity index (χ4v) is 3.31. The molecule has 2 N–H and O–H groups in total. The topological polar surface area (TPSA) is 41.1 Å². The van der Waals surface area contributed by atoms with E-state index in [-0.39, 0.29) is 11.0 Å². The Morgan fingerprint density at radius 1 is 0.905 bits per heavy atom. The summed E-state index contributed by atoms with van der Waals surface area (Å²) in [6, 6.07) is 14.3. The van der Waals surface area contributed by atoms with Crippen LogP contribution in [0.25, 0.3) is 0 Å². The summed E-state index contributed by atoms with van der Waals surface area (Å²) in [5, 5.41) is 6.83. The molecule has 0 atom stereocenters. The van der Waals surface area contributed by atoms with E-state index >= 15 is 0 Å². The summed E-state index contributed by atoms with van der Waals surface area (Å²) >= 11 is 17.7. The first-order valence-corrected chi connectivity index (χ1v) is 7.36. The second-order valence-corrected chi connectivity index (χ2v) is 5.84. The first kappa shape index (κ1) is 14.3. The monoisotopic (exact) mass is 336 g/mol. The van der Waals surface area contributed by atoms with Crippen molar-refractivity contribution in [3.63, 3.8) is 0 Å². The zero-order chi connectivity index (χ0) is 15.0. The fourth-order valence-electron chi connectivity index (χ4n) is 2.51. The molecule has 2 aromatic rings. The highest BCUT2D eigenvalue weighted by Crippen LogP contribution is 2.39. The smallest absolute Gasteiger partial charge is 0.261 e. The summed E-state index contributed by atoms with van der Waals surface area (Å²) < 4.78 is 0. The molecule has 1 aliphatic heterocycles. The molecule has 0 unspecified atom stereocenters. The molecular weight excluding hydrogens is 327 g/mol. The maximum absolute atomic E-state index is 12.6. The fraction of sp³-hybridized carbons (Fsp3) is 0.0667. The number of hydrogen-bond donors (Lipinski definition) is 2. The number of benzene rings is 2. The van der Waals surface area contributed by atoms with Gasteiger partial charge >= 0.3 is 0 Å². The molecule has 21 heavy (non-hydrogen) atoms. The first-order chi connectivity index (χ1) is 10.1. The third-order valence-corrected chi connectivity index (χ3v) is 4.29. The molecule has 1 fully saturated rings.